The number of benzene rings is 2. The van der Waals surface area contributed by atoms with Crippen molar-refractivity contribution >= 4 is 32.1 Å². The van der Waals surface area contributed by atoms with Crippen LogP contribution in [0.4, 0.5) is 24.5 Å². The molecular weight excluding hydrogens is 541 g/mol. The van der Waals surface area contributed by atoms with Gasteiger partial charge in [-0.3, -0.25) is 0 Å². The largest absolute Gasteiger partial charge is 0.495 e. The van der Waals surface area contributed by atoms with Gasteiger partial charge in [-0.2, -0.15) is 13.2 Å². The average Bonchev–Trinajstić information content (AvgIpc) is 3.25. The van der Waals surface area contributed by atoms with Crippen molar-refractivity contribution in [1.82, 2.24) is 9.47 Å². The predicted octanol–water partition coefficient (Wildman–Crippen LogP) is 5.73. The van der Waals surface area contributed by atoms with Crippen LogP contribution in [0, 0.1) is 5.92 Å². The third-order valence-corrected chi connectivity index (χ3v) is 9.34. The summed E-state index contributed by atoms with van der Waals surface area (Å²) >= 11 is 0. The highest BCUT2D eigenvalue weighted by Crippen LogP contribution is 2.44. The van der Waals surface area contributed by atoms with Gasteiger partial charge >= 0.3 is 6.18 Å². The molecular formula is C29H37F3N4O3S. The van der Waals surface area contributed by atoms with E-state index in [2.05, 4.69) is 28.6 Å². The molecule has 40 heavy (non-hydrogen) atoms. The number of nitrogens with one attached hydrogen (secondary N) is 2. The van der Waals surface area contributed by atoms with Crippen LogP contribution in [0.3, 0.4) is 0 Å². The van der Waals surface area contributed by atoms with Gasteiger partial charge in [-0.25, -0.2) is 8.42 Å². The van der Waals surface area contributed by atoms with Gasteiger partial charge in [0.25, 0.3) is 0 Å². The van der Waals surface area contributed by atoms with Crippen molar-refractivity contribution in [3.63, 3.8) is 0 Å². The van der Waals surface area contributed by atoms with Crippen molar-refractivity contribution in [2.75, 3.05) is 50.7 Å². The topological polar surface area (TPSA) is 75.6 Å². The second-order valence-corrected chi connectivity index (χ2v) is 13.3. The number of nitrogens with zero attached hydrogens (tertiary/aromatic N) is 2. The molecule has 0 radical (unpaired) electrons. The van der Waals surface area contributed by atoms with E-state index in [1.165, 1.54) is 23.9 Å². The van der Waals surface area contributed by atoms with Crippen LogP contribution >= 0.6 is 0 Å². The van der Waals surface area contributed by atoms with E-state index in [0.29, 0.717) is 29.8 Å². The summed E-state index contributed by atoms with van der Waals surface area (Å²) in [6.07, 6.45) is 2.23. The zero-order valence-electron chi connectivity index (χ0n) is 23.1. The van der Waals surface area contributed by atoms with Gasteiger partial charge in [-0.05, 0) is 93.6 Å². The maximum atomic E-state index is 13.3. The molecule has 11 heteroatoms. The Bertz CT molecular complexity index is 1460. The number of aromatic nitrogens is 1. The Kier molecular flexibility index (Phi) is 7.98. The van der Waals surface area contributed by atoms with Gasteiger partial charge in [-0.15, -0.1) is 0 Å². The van der Waals surface area contributed by atoms with E-state index >= 15 is 0 Å². The number of hydrogen-bond acceptors (Lipinski definition) is 6. The fourth-order valence-corrected chi connectivity index (χ4v) is 6.49. The standard InChI is InChI=1S/C29H37F3N4O3S/c1-35-9-6-22(7-10-35)34-26-14-21(15-27-24(26)8-11-36(27)18-29(30,31)32)20-12-19(13-20)17-33-25-5-4-23(40(3,37)38)16-28(25)39-2/h4-5,8,11,14-16,19-20,22,33-34H,6-7,9-10,12-13,17-18H2,1-3H3. The molecule has 0 unspecified atom stereocenters. The molecule has 1 aliphatic carbocycles. The van der Waals surface area contributed by atoms with E-state index in [-0.39, 0.29) is 10.8 Å². The quantitative estimate of drug-likeness (QED) is 0.338. The summed E-state index contributed by atoms with van der Waals surface area (Å²) in [5.74, 6) is 1.12. The Hall–Kier alpha value is -2.92. The SMILES string of the molecule is COc1cc(S(C)(=O)=O)ccc1NCC1CC(c2cc(NC3CCN(C)CC3)c3ccn(CC(F)(F)F)c3c2)C1. The Morgan fingerprint density at radius 2 is 1.77 bits per heavy atom. The zero-order valence-corrected chi connectivity index (χ0v) is 23.9. The first-order valence-electron chi connectivity index (χ1n) is 13.7. The first kappa shape index (κ1) is 28.6. The minimum Gasteiger partial charge on any atom is -0.495 e. The first-order chi connectivity index (χ1) is 18.9. The number of ether oxygens (including phenoxy) is 1. The van der Waals surface area contributed by atoms with Crippen LogP contribution in [0.15, 0.2) is 47.5 Å². The second kappa shape index (κ2) is 11.2. The lowest BCUT2D eigenvalue weighted by Crippen LogP contribution is -2.36. The van der Waals surface area contributed by atoms with Crippen molar-refractivity contribution in [2.24, 2.45) is 5.92 Å². The number of methoxy groups -OCH3 is 1. The van der Waals surface area contributed by atoms with Crippen LogP contribution in [0.5, 0.6) is 5.75 Å². The lowest BCUT2D eigenvalue weighted by atomic mass is 9.71. The number of piperidine rings is 1. The van der Waals surface area contributed by atoms with Crippen molar-refractivity contribution in [3.05, 3.63) is 48.2 Å². The lowest BCUT2D eigenvalue weighted by molar-refractivity contribution is -0.139. The summed E-state index contributed by atoms with van der Waals surface area (Å²) in [4.78, 5) is 2.50. The summed E-state index contributed by atoms with van der Waals surface area (Å²) in [7, 11) is 0.279. The molecule has 2 aliphatic rings. The van der Waals surface area contributed by atoms with Gasteiger partial charge in [0, 0.05) is 42.2 Å². The normalized spacial score (nSPS) is 20.9. The molecule has 1 aliphatic heterocycles. The Balaban J connectivity index is 1.30. The minimum atomic E-state index is -4.29. The molecule has 0 amide bonds. The molecule has 5 rings (SSSR count). The number of alkyl halides is 3. The monoisotopic (exact) mass is 578 g/mol. The molecule has 1 aromatic heterocycles. The van der Waals surface area contributed by atoms with Crippen molar-refractivity contribution < 1.29 is 26.3 Å². The van der Waals surface area contributed by atoms with Gasteiger partial charge < -0.3 is 24.8 Å². The summed E-state index contributed by atoms with van der Waals surface area (Å²) in [5.41, 5.74) is 3.33. The molecule has 218 valence electrons. The fraction of sp³-hybridized carbons (Fsp3) is 0.517. The molecule has 0 bridgehead atoms. The lowest BCUT2D eigenvalue weighted by Gasteiger charge is -2.37. The highest BCUT2D eigenvalue weighted by Gasteiger charge is 2.33. The molecule has 0 spiro atoms. The Morgan fingerprint density at radius 1 is 1.05 bits per heavy atom. The summed E-state index contributed by atoms with van der Waals surface area (Å²) < 4.78 is 70.4. The second-order valence-electron chi connectivity index (χ2n) is 11.3. The summed E-state index contributed by atoms with van der Waals surface area (Å²) in [6, 6.07) is 11.0. The molecule has 7 nitrogen and oxygen atoms in total. The van der Waals surface area contributed by atoms with Crippen LogP contribution in [-0.4, -0.2) is 70.2 Å². The highest BCUT2D eigenvalue weighted by molar-refractivity contribution is 7.90. The van der Waals surface area contributed by atoms with Crippen LogP contribution in [-0.2, 0) is 16.4 Å². The molecule has 2 aromatic carbocycles. The van der Waals surface area contributed by atoms with Crippen LogP contribution in [0.1, 0.15) is 37.2 Å². The summed E-state index contributed by atoms with van der Waals surface area (Å²) in [6.45, 7) is 1.67. The number of anilines is 2. The first-order valence-corrected chi connectivity index (χ1v) is 15.6. The van der Waals surface area contributed by atoms with E-state index in [1.807, 2.05) is 6.07 Å². The van der Waals surface area contributed by atoms with Crippen molar-refractivity contribution in [3.8, 4) is 5.75 Å². The number of sulfone groups is 1. The number of hydrogen-bond donors (Lipinski definition) is 2. The van der Waals surface area contributed by atoms with Gasteiger partial charge in [0.15, 0.2) is 9.84 Å². The zero-order chi connectivity index (χ0) is 28.7. The van der Waals surface area contributed by atoms with Crippen molar-refractivity contribution in [2.45, 2.75) is 55.3 Å². The molecule has 2 fully saturated rings. The molecule has 2 N–H and O–H groups in total. The molecule has 3 aromatic rings. The maximum Gasteiger partial charge on any atom is 0.406 e. The van der Waals surface area contributed by atoms with E-state index in [0.717, 1.165) is 67.4 Å². The molecule has 2 heterocycles. The van der Waals surface area contributed by atoms with Crippen LogP contribution in [0.2, 0.25) is 0 Å². The highest BCUT2D eigenvalue weighted by atomic mass is 32.2. The van der Waals surface area contributed by atoms with Gasteiger partial charge in [-0.1, -0.05) is 0 Å². The smallest absolute Gasteiger partial charge is 0.406 e. The van der Waals surface area contributed by atoms with Gasteiger partial charge in [0.1, 0.15) is 12.3 Å². The molecule has 1 saturated heterocycles. The Morgan fingerprint density at radius 3 is 2.42 bits per heavy atom. The molecule has 1 saturated carbocycles. The van der Waals surface area contributed by atoms with Gasteiger partial charge in [0.2, 0.25) is 0 Å². The van der Waals surface area contributed by atoms with E-state index in [9.17, 15) is 21.6 Å². The average molecular weight is 579 g/mol. The fourth-order valence-electron chi connectivity index (χ4n) is 5.85. The Labute approximate surface area is 233 Å². The van der Waals surface area contributed by atoms with E-state index < -0.39 is 22.6 Å². The third-order valence-electron chi connectivity index (χ3n) is 8.23. The number of likely N-dealkylation sites (tertiary alicyclic amines) is 1. The molecule has 0 atom stereocenters. The van der Waals surface area contributed by atoms with Crippen LogP contribution in [0.25, 0.3) is 10.9 Å². The predicted molar refractivity (Wildman–Crippen MR) is 152 cm³/mol. The summed E-state index contributed by atoms with van der Waals surface area (Å²) in [5, 5.41) is 7.87. The van der Waals surface area contributed by atoms with Crippen LogP contribution < -0.4 is 15.4 Å². The van der Waals surface area contributed by atoms with Gasteiger partial charge in [0.05, 0.1) is 23.2 Å². The number of halogens is 3. The van der Waals surface area contributed by atoms with E-state index in [1.54, 1.807) is 18.2 Å². The third kappa shape index (κ3) is 6.52. The van der Waals surface area contributed by atoms with E-state index in [4.69, 9.17) is 4.74 Å². The number of rotatable bonds is 9. The minimum absolute atomic E-state index is 0.203. The number of fused-ring (bicyclic) bond motifs is 1. The maximum absolute atomic E-state index is 13.3. The van der Waals surface area contributed by atoms with Crippen molar-refractivity contribution in [1.29, 1.82) is 0 Å².